The van der Waals surface area contributed by atoms with Crippen LogP contribution in [0.2, 0.25) is 5.02 Å². The Morgan fingerprint density at radius 2 is 2.26 bits per heavy atom. The molecule has 106 valence electrons. The molecule has 1 unspecified atom stereocenters. The summed E-state index contributed by atoms with van der Waals surface area (Å²) in [6.07, 6.45) is 1.18. The average Bonchev–Trinajstić information content (AvgIpc) is 2.25. The number of nitrogens with zero attached hydrogens (tertiary/aromatic N) is 1. The largest absolute Gasteiger partial charge is 0.477 e. The van der Waals surface area contributed by atoms with E-state index >= 15 is 0 Å². The monoisotopic (exact) mass is 286 g/mol. The predicted molar refractivity (Wildman–Crippen MR) is 73.8 cm³/mol. The van der Waals surface area contributed by atoms with E-state index in [1.54, 1.807) is 12.1 Å². The summed E-state index contributed by atoms with van der Waals surface area (Å²) in [6.45, 7) is 6.16. The number of pyridine rings is 1. The second-order valence-electron chi connectivity index (χ2n) is 5.25. The van der Waals surface area contributed by atoms with Crippen molar-refractivity contribution in [2.75, 3.05) is 6.61 Å². The van der Waals surface area contributed by atoms with Gasteiger partial charge in [-0.1, -0.05) is 18.5 Å². The molecule has 1 amide bonds. The maximum atomic E-state index is 10.6. The van der Waals surface area contributed by atoms with Gasteiger partial charge in [-0.05, 0) is 32.3 Å². The van der Waals surface area contributed by atoms with Crippen LogP contribution in [0.1, 0.15) is 27.2 Å². The maximum Gasteiger partial charge on any atom is 0.405 e. The first-order valence-corrected chi connectivity index (χ1v) is 6.42. The Hall–Kier alpha value is -1.49. The van der Waals surface area contributed by atoms with Crippen LogP contribution in [-0.4, -0.2) is 28.3 Å². The zero-order valence-electron chi connectivity index (χ0n) is 11.3. The van der Waals surface area contributed by atoms with Gasteiger partial charge < -0.3 is 15.2 Å². The molecule has 0 radical (unpaired) electrons. The number of carbonyl (C=O) groups is 1. The first-order valence-electron chi connectivity index (χ1n) is 6.04. The number of halogens is 1. The molecule has 2 N–H and O–H groups in total. The molecule has 19 heavy (non-hydrogen) atoms. The lowest BCUT2D eigenvalue weighted by atomic mass is 9.92. The number of rotatable bonds is 6. The van der Waals surface area contributed by atoms with E-state index in [0.717, 1.165) is 0 Å². The Labute approximate surface area is 117 Å². The number of ether oxygens (including phenoxy) is 1. The molecule has 0 spiro atoms. The van der Waals surface area contributed by atoms with Crippen LogP contribution in [0.3, 0.4) is 0 Å². The molecule has 0 fully saturated rings. The number of carboxylic acid groups (broad SMARTS) is 1. The fourth-order valence-electron chi connectivity index (χ4n) is 1.95. The molecule has 0 aliphatic carbocycles. The third-order valence-corrected chi connectivity index (χ3v) is 2.74. The van der Waals surface area contributed by atoms with Gasteiger partial charge in [0.25, 0.3) is 0 Å². The van der Waals surface area contributed by atoms with Crippen LogP contribution in [0.5, 0.6) is 5.88 Å². The molecule has 0 saturated carbocycles. The van der Waals surface area contributed by atoms with Gasteiger partial charge >= 0.3 is 6.09 Å². The molecular formula is C13H19ClN2O3. The lowest BCUT2D eigenvalue weighted by molar-refractivity contribution is 0.168. The van der Waals surface area contributed by atoms with Gasteiger partial charge in [-0.25, -0.2) is 9.78 Å². The lowest BCUT2D eigenvalue weighted by Gasteiger charge is -2.27. The summed E-state index contributed by atoms with van der Waals surface area (Å²) in [5, 5.41) is 11.8. The summed E-state index contributed by atoms with van der Waals surface area (Å²) in [7, 11) is 0. The van der Waals surface area contributed by atoms with Crippen LogP contribution in [0, 0.1) is 5.92 Å². The van der Waals surface area contributed by atoms with Crippen molar-refractivity contribution >= 4 is 17.7 Å². The first kappa shape index (κ1) is 15.6. The zero-order chi connectivity index (χ0) is 14.5. The van der Waals surface area contributed by atoms with Crippen LogP contribution >= 0.6 is 11.6 Å². The van der Waals surface area contributed by atoms with Crippen LogP contribution < -0.4 is 10.1 Å². The highest BCUT2D eigenvalue weighted by Gasteiger charge is 2.23. The molecule has 0 aliphatic heterocycles. The van der Waals surface area contributed by atoms with Gasteiger partial charge in [-0.3, -0.25) is 0 Å². The normalized spacial score (nSPS) is 12.8. The van der Waals surface area contributed by atoms with Crippen molar-refractivity contribution in [1.29, 1.82) is 0 Å². The summed E-state index contributed by atoms with van der Waals surface area (Å²) in [5.41, 5.74) is -0.484. The van der Waals surface area contributed by atoms with Gasteiger partial charge in [0.05, 0.1) is 11.6 Å². The summed E-state index contributed by atoms with van der Waals surface area (Å²) >= 11 is 5.73. The van der Waals surface area contributed by atoms with Crippen LogP contribution in [0.15, 0.2) is 18.3 Å². The van der Waals surface area contributed by atoms with Gasteiger partial charge in [0.15, 0.2) is 0 Å². The topological polar surface area (TPSA) is 71.5 Å². The highest BCUT2D eigenvalue weighted by molar-refractivity contribution is 6.30. The Bertz CT molecular complexity index is 420. The third kappa shape index (κ3) is 6.29. The van der Waals surface area contributed by atoms with E-state index in [0.29, 0.717) is 23.9 Å². The zero-order valence-corrected chi connectivity index (χ0v) is 12.1. The molecule has 1 heterocycles. The second kappa shape index (κ2) is 6.61. The van der Waals surface area contributed by atoms with E-state index in [2.05, 4.69) is 10.3 Å². The summed E-state index contributed by atoms with van der Waals surface area (Å²) < 4.78 is 5.53. The molecule has 1 atom stereocenters. The number of aromatic nitrogens is 1. The van der Waals surface area contributed by atoms with E-state index in [4.69, 9.17) is 21.4 Å². The van der Waals surface area contributed by atoms with E-state index < -0.39 is 11.6 Å². The lowest BCUT2D eigenvalue weighted by Crippen LogP contribution is -2.44. The van der Waals surface area contributed by atoms with Crippen LogP contribution in [0.4, 0.5) is 4.79 Å². The van der Waals surface area contributed by atoms with E-state index in [-0.39, 0.29) is 5.92 Å². The molecule has 0 aliphatic rings. The van der Waals surface area contributed by atoms with Crippen molar-refractivity contribution in [2.24, 2.45) is 5.92 Å². The molecule has 0 aromatic carbocycles. The van der Waals surface area contributed by atoms with E-state index in [1.807, 2.05) is 20.8 Å². The van der Waals surface area contributed by atoms with Gasteiger partial charge in [0.1, 0.15) is 0 Å². The standard InChI is InChI=1S/C13H19ClN2O3/c1-9(6-13(2,3)16-12(17)18)8-19-11-5-4-10(14)7-15-11/h4-5,7,9,16H,6,8H2,1-3H3,(H,17,18). The number of amides is 1. The predicted octanol–water partition coefficient (Wildman–Crippen LogP) is 3.19. The Kier molecular flexibility index (Phi) is 5.42. The minimum Gasteiger partial charge on any atom is -0.477 e. The molecule has 6 heteroatoms. The molecule has 1 aromatic rings. The van der Waals surface area contributed by atoms with Gasteiger partial charge in [-0.15, -0.1) is 0 Å². The van der Waals surface area contributed by atoms with Crippen molar-refractivity contribution < 1.29 is 14.6 Å². The fraction of sp³-hybridized carbons (Fsp3) is 0.538. The smallest absolute Gasteiger partial charge is 0.405 e. The molecule has 0 saturated heterocycles. The third-order valence-electron chi connectivity index (χ3n) is 2.52. The summed E-state index contributed by atoms with van der Waals surface area (Å²) in [6, 6.07) is 3.42. The Morgan fingerprint density at radius 3 is 2.79 bits per heavy atom. The Balaban J connectivity index is 2.41. The number of hydrogen-bond acceptors (Lipinski definition) is 3. The van der Waals surface area contributed by atoms with Crippen molar-refractivity contribution in [1.82, 2.24) is 10.3 Å². The fourth-order valence-corrected chi connectivity index (χ4v) is 2.06. The van der Waals surface area contributed by atoms with Gasteiger partial charge in [0.2, 0.25) is 5.88 Å². The van der Waals surface area contributed by atoms with E-state index in [1.165, 1.54) is 6.20 Å². The second-order valence-corrected chi connectivity index (χ2v) is 5.69. The highest BCUT2D eigenvalue weighted by Crippen LogP contribution is 2.18. The minimum absolute atomic E-state index is 0.194. The van der Waals surface area contributed by atoms with Crippen molar-refractivity contribution in [3.05, 3.63) is 23.4 Å². The number of nitrogens with one attached hydrogen (secondary N) is 1. The van der Waals surface area contributed by atoms with Crippen LogP contribution in [-0.2, 0) is 0 Å². The molecule has 0 bridgehead atoms. The van der Waals surface area contributed by atoms with Crippen molar-refractivity contribution in [2.45, 2.75) is 32.7 Å². The molecule has 5 nitrogen and oxygen atoms in total. The van der Waals surface area contributed by atoms with Crippen LogP contribution in [0.25, 0.3) is 0 Å². The quantitative estimate of drug-likeness (QED) is 0.842. The minimum atomic E-state index is -1.02. The molecule has 1 aromatic heterocycles. The van der Waals surface area contributed by atoms with Crippen molar-refractivity contribution in [3.8, 4) is 5.88 Å². The maximum absolute atomic E-state index is 10.6. The van der Waals surface area contributed by atoms with Gasteiger partial charge in [-0.2, -0.15) is 0 Å². The summed E-state index contributed by atoms with van der Waals surface area (Å²) in [4.78, 5) is 14.7. The highest BCUT2D eigenvalue weighted by atomic mass is 35.5. The molecule has 1 rings (SSSR count). The van der Waals surface area contributed by atoms with Crippen molar-refractivity contribution in [3.63, 3.8) is 0 Å². The summed E-state index contributed by atoms with van der Waals surface area (Å²) in [5.74, 6) is 0.708. The SMILES string of the molecule is CC(COc1ccc(Cl)cn1)CC(C)(C)NC(=O)O. The van der Waals surface area contributed by atoms with E-state index in [9.17, 15) is 4.79 Å². The Morgan fingerprint density at radius 1 is 1.58 bits per heavy atom. The van der Waals surface area contributed by atoms with Gasteiger partial charge in [0, 0.05) is 17.8 Å². The average molecular weight is 287 g/mol. The first-order chi connectivity index (χ1) is 8.78. The number of hydrogen-bond donors (Lipinski definition) is 2. The molecular weight excluding hydrogens is 268 g/mol.